The van der Waals surface area contributed by atoms with Gasteiger partial charge in [0.05, 0.1) is 19.6 Å². The van der Waals surface area contributed by atoms with Crippen LogP contribution in [0.15, 0.2) is 46.8 Å². The van der Waals surface area contributed by atoms with Crippen LogP contribution < -0.4 is 4.74 Å². The molecule has 1 aromatic carbocycles. The van der Waals surface area contributed by atoms with Crippen molar-refractivity contribution in [1.29, 1.82) is 0 Å². The van der Waals surface area contributed by atoms with Crippen molar-refractivity contribution in [2.45, 2.75) is 20.3 Å². The lowest BCUT2D eigenvalue weighted by molar-refractivity contribution is 0.104. The van der Waals surface area contributed by atoms with E-state index in [1.165, 1.54) is 31.8 Å². The van der Waals surface area contributed by atoms with E-state index in [1.807, 2.05) is 19.9 Å². The fraction of sp³-hybridized carbons (Fsp3) is 0.211. The zero-order chi connectivity index (χ0) is 17.7. The van der Waals surface area contributed by atoms with Gasteiger partial charge < -0.3 is 19.4 Å². The first-order valence-electron chi connectivity index (χ1n) is 7.43. The standard InChI is InChI=1S/C19H20O5/c1-12(2)4-6-14-16(21)10-17(23-3)18(19(14)22)15(20)7-5-13-8-9-24-11-13/h4-5,7-11,21-22H,6H2,1-3H3/b7-5+. The largest absolute Gasteiger partial charge is 0.507 e. The van der Waals surface area contributed by atoms with Crippen molar-refractivity contribution < 1.29 is 24.2 Å². The van der Waals surface area contributed by atoms with Gasteiger partial charge in [0.25, 0.3) is 0 Å². The third-order valence-corrected chi connectivity index (χ3v) is 3.50. The highest BCUT2D eigenvalue weighted by Crippen LogP contribution is 2.39. The molecule has 0 unspecified atom stereocenters. The molecule has 126 valence electrons. The van der Waals surface area contributed by atoms with Crippen LogP contribution in [0.4, 0.5) is 0 Å². The van der Waals surface area contributed by atoms with Crippen molar-refractivity contribution in [3.05, 3.63) is 59.1 Å². The van der Waals surface area contributed by atoms with Gasteiger partial charge in [-0.05, 0) is 38.5 Å². The van der Waals surface area contributed by atoms with Crippen LogP contribution in [0.1, 0.15) is 35.3 Å². The topological polar surface area (TPSA) is 79.9 Å². The van der Waals surface area contributed by atoms with Gasteiger partial charge in [-0.1, -0.05) is 11.6 Å². The Bertz CT molecular complexity index is 779. The molecule has 0 fully saturated rings. The van der Waals surface area contributed by atoms with E-state index < -0.39 is 5.78 Å². The molecule has 0 aliphatic heterocycles. The predicted molar refractivity (Wildman–Crippen MR) is 91.5 cm³/mol. The number of methoxy groups -OCH3 is 1. The number of hydrogen-bond donors (Lipinski definition) is 2. The van der Waals surface area contributed by atoms with Crippen LogP contribution in [0.5, 0.6) is 17.2 Å². The molecule has 0 radical (unpaired) electrons. The molecule has 0 spiro atoms. The van der Waals surface area contributed by atoms with Crippen LogP contribution in [0.25, 0.3) is 6.08 Å². The van der Waals surface area contributed by atoms with E-state index in [1.54, 1.807) is 12.1 Å². The average molecular weight is 328 g/mol. The van der Waals surface area contributed by atoms with Crippen LogP contribution in [0, 0.1) is 0 Å². The van der Waals surface area contributed by atoms with Crippen LogP contribution in [0.3, 0.4) is 0 Å². The SMILES string of the molecule is COc1cc(O)c(CC=C(C)C)c(O)c1C(=O)/C=C/c1ccoc1. The summed E-state index contributed by atoms with van der Waals surface area (Å²) in [5.41, 5.74) is 2.08. The van der Waals surface area contributed by atoms with Gasteiger partial charge in [-0.2, -0.15) is 0 Å². The minimum absolute atomic E-state index is 0.0206. The average Bonchev–Trinajstić information content (AvgIpc) is 3.04. The Hall–Kier alpha value is -2.95. The third-order valence-electron chi connectivity index (χ3n) is 3.50. The molecule has 2 aromatic rings. The van der Waals surface area contributed by atoms with E-state index in [9.17, 15) is 15.0 Å². The van der Waals surface area contributed by atoms with E-state index in [0.29, 0.717) is 6.42 Å². The van der Waals surface area contributed by atoms with Crippen LogP contribution in [-0.2, 0) is 6.42 Å². The van der Waals surface area contributed by atoms with Crippen molar-refractivity contribution in [3.8, 4) is 17.2 Å². The molecule has 24 heavy (non-hydrogen) atoms. The van der Waals surface area contributed by atoms with Gasteiger partial charge in [-0.15, -0.1) is 0 Å². The highest BCUT2D eigenvalue weighted by molar-refractivity contribution is 6.11. The molecule has 0 aliphatic rings. The summed E-state index contributed by atoms with van der Waals surface area (Å²) in [7, 11) is 1.38. The number of benzene rings is 1. The van der Waals surface area contributed by atoms with Crippen molar-refractivity contribution >= 4 is 11.9 Å². The summed E-state index contributed by atoms with van der Waals surface area (Å²) in [6.07, 6.45) is 8.07. The summed E-state index contributed by atoms with van der Waals surface area (Å²) in [4.78, 5) is 12.5. The maximum atomic E-state index is 12.5. The Morgan fingerprint density at radius 3 is 2.67 bits per heavy atom. The quantitative estimate of drug-likeness (QED) is 0.474. The van der Waals surface area contributed by atoms with E-state index in [-0.39, 0.29) is 28.4 Å². The van der Waals surface area contributed by atoms with Crippen molar-refractivity contribution in [2.24, 2.45) is 0 Å². The first-order valence-corrected chi connectivity index (χ1v) is 7.43. The zero-order valence-corrected chi connectivity index (χ0v) is 13.9. The lowest BCUT2D eigenvalue weighted by Crippen LogP contribution is -2.02. The van der Waals surface area contributed by atoms with Gasteiger partial charge in [0.2, 0.25) is 0 Å². The maximum absolute atomic E-state index is 12.5. The number of ether oxygens (including phenoxy) is 1. The van der Waals surface area contributed by atoms with Crippen LogP contribution >= 0.6 is 0 Å². The first-order chi connectivity index (χ1) is 11.4. The molecular formula is C19H20O5. The molecular weight excluding hydrogens is 308 g/mol. The molecule has 1 heterocycles. The van der Waals surface area contributed by atoms with Crippen LogP contribution in [-0.4, -0.2) is 23.1 Å². The normalized spacial score (nSPS) is 10.8. The van der Waals surface area contributed by atoms with Gasteiger partial charge in [-0.25, -0.2) is 0 Å². The summed E-state index contributed by atoms with van der Waals surface area (Å²) in [6.45, 7) is 3.83. The van der Waals surface area contributed by atoms with Crippen molar-refractivity contribution in [2.75, 3.05) is 7.11 Å². The molecule has 0 bridgehead atoms. The van der Waals surface area contributed by atoms with Crippen molar-refractivity contribution in [3.63, 3.8) is 0 Å². The molecule has 0 saturated carbocycles. The maximum Gasteiger partial charge on any atom is 0.193 e. The Labute approximate surface area is 140 Å². The number of phenols is 2. The van der Waals surface area contributed by atoms with Gasteiger partial charge >= 0.3 is 0 Å². The summed E-state index contributed by atoms with van der Waals surface area (Å²) in [5.74, 6) is -0.694. The number of carbonyl (C=O) groups is 1. The molecule has 0 amide bonds. The Morgan fingerprint density at radius 1 is 1.33 bits per heavy atom. The second kappa shape index (κ2) is 7.55. The predicted octanol–water partition coefficient (Wildman–Crippen LogP) is 4.10. The molecule has 0 atom stereocenters. The zero-order valence-electron chi connectivity index (χ0n) is 13.9. The molecule has 5 heteroatoms. The number of hydrogen-bond acceptors (Lipinski definition) is 5. The monoisotopic (exact) mass is 328 g/mol. The van der Waals surface area contributed by atoms with E-state index >= 15 is 0 Å². The Morgan fingerprint density at radius 2 is 2.08 bits per heavy atom. The third kappa shape index (κ3) is 3.87. The molecule has 1 aromatic heterocycles. The first kappa shape index (κ1) is 17.4. The molecule has 2 N–H and O–H groups in total. The molecule has 0 saturated heterocycles. The van der Waals surface area contributed by atoms with Gasteiger partial charge in [0.15, 0.2) is 5.78 Å². The van der Waals surface area contributed by atoms with Crippen LogP contribution in [0.2, 0.25) is 0 Å². The van der Waals surface area contributed by atoms with Gasteiger partial charge in [0.1, 0.15) is 22.8 Å². The smallest absolute Gasteiger partial charge is 0.193 e. The second-order valence-electron chi connectivity index (χ2n) is 5.54. The van der Waals surface area contributed by atoms with E-state index in [0.717, 1.165) is 11.1 Å². The summed E-state index contributed by atoms with van der Waals surface area (Å²) < 4.78 is 10.1. The molecule has 5 nitrogen and oxygen atoms in total. The summed E-state index contributed by atoms with van der Waals surface area (Å²) in [5, 5.41) is 20.6. The summed E-state index contributed by atoms with van der Waals surface area (Å²) >= 11 is 0. The lowest BCUT2D eigenvalue weighted by Gasteiger charge is -2.13. The lowest BCUT2D eigenvalue weighted by atomic mass is 9.99. The minimum atomic E-state index is -0.427. The van der Waals surface area contributed by atoms with Gasteiger partial charge in [-0.3, -0.25) is 4.79 Å². The minimum Gasteiger partial charge on any atom is -0.507 e. The Balaban J connectivity index is 2.45. The van der Waals surface area contributed by atoms with Crippen molar-refractivity contribution in [1.82, 2.24) is 0 Å². The number of phenolic OH excluding ortho intramolecular Hbond substituents is 2. The number of allylic oxidation sites excluding steroid dienone is 3. The highest BCUT2D eigenvalue weighted by atomic mass is 16.5. The number of aromatic hydroxyl groups is 2. The van der Waals surface area contributed by atoms with E-state index in [2.05, 4.69) is 0 Å². The Kier molecular flexibility index (Phi) is 5.47. The summed E-state index contributed by atoms with van der Waals surface area (Å²) in [6, 6.07) is 3.05. The number of furan rings is 1. The number of carbonyl (C=O) groups excluding carboxylic acids is 1. The number of ketones is 1. The fourth-order valence-corrected chi connectivity index (χ4v) is 2.20. The molecule has 0 aliphatic carbocycles. The molecule has 2 rings (SSSR count). The second-order valence-corrected chi connectivity index (χ2v) is 5.54. The van der Waals surface area contributed by atoms with Gasteiger partial charge in [0, 0.05) is 17.2 Å². The number of rotatable bonds is 6. The van der Waals surface area contributed by atoms with E-state index in [4.69, 9.17) is 9.15 Å². The highest BCUT2D eigenvalue weighted by Gasteiger charge is 2.21. The fourth-order valence-electron chi connectivity index (χ4n) is 2.20.